The number of likely N-dealkylation sites (tertiary alicyclic amines) is 1. The summed E-state index contributed by atoms with van der Waals surface area (Å²) in [6, 6.07) is 12.0. The topological polar surface area (TPSA) is 85.8 Å². The molecule has 7 heteroatoms. The SMILES string of the molecule is O=C(O)C1CCCN(C(=O)c2ccc(N3CCNCC3c3ccncc3)cc2)C1. The maximum Gasteiger partial charge on any atom is 0.308 e. The van der Waals surface area contributed by atoms with E-state index in [0.29, 0.717) is 18.5 Å². The number of piperazine rings is 1. The molecule has 2 N–H and O–H groups in total. The van der Waals surface area contributed by atoms with Crippen LogP contribution in [0.2, 0.25) is 0 Å². The van der Waals surface area contributed by atoms with E-state index in [1.54, 1.807) is 4.90 Å². The Kier molecular flexibility index (Phi) is 5.76. The van der Waals surface area contributed by atoms with Crippen molar-refractivity contribution in [2.45, 2.75) is 18.9 Å². The van der Waals surface area contributed by atoms with Crippen molar-refractivity contribution in [3.63, 3.8) is 0 Å². The van der Waals surface area contributed by atoms with Gasteiger partial charge in [0.05, 0.1) is 12.0 Å². The second-order valence-electron chi connectivity index (χ2n) is 7.67. The molecule has 2 fully saturated rings. The lowest BCUT2D eigenvalue weighted by molar-refractivity contribution is -0.143. The molecule has 0 aliphatic carbocycles. The molecule has 152 valence electrons. The number of carboxylic acids is 1. The van der Waals surface area contributed by atoms with Gasteiger partial charge in [0.15, 0.2) is 0 Å². The highest BCUT2D eigenvalue weighted by molar-refractivity contribution is 5.95. The van der Waals surface area contributed by atoms with Gasteiger partial charge in [0.25, 0.3) is 5.91 Å². The van der Waals surface area contributed by atoms with Gasteiger partial charge in [-0.05, 0) is 54.8 Å². The van der Waals surface area contributed by atoms with Crippen molar-refractivity contribution in [1.82, 2.24) is 15.2 Å². The van der Waals surface area contributed by atoms with Crippen LogP contribution in [0.1, 0.15) is 34.8 Å². The van der Waals surface area contributed by atoms with E-state index in [-0.39, 0.29) is 18.5 Å². The number of pyridine rings is 1. The van der Waals surface area contributed by atoms with Gasteiger partial charge in [-0.3, -0.25) is 14.6 Å². The average Bonchev–Trinajstić information content (AvgIpc) is 2.79. The molecule has 0 saturated carbocycles. The van der Waals surface area contributed by atoms with Gasteiger partial charge in [0.2, 0.25) is 0 Å². The fourth-order valence-corrected chi connectivity index (χ4v) is 4.24. The first-order valence-electron chi connectivity index (χ1n) is 10.1. The minimum Gasteiger partial charge on any atom is -0.481 e. The molecule has 1 amide bonds. The molecule has 2 saturated heterocycles. The van der Waals surface area contributed by atoms with E-state index < -0.39 is 11.9 Å². The van der Waals surface area contributed by atoms with Gasteiger partial charge in [-0.15, -0.1) is 0 Å². The lowest BCUT2D eigenvalue weighted by Crippen LogP contribution is -2.46. The number of rotatable bonds is 4. The lowest BCUT2D eigenvalue weighted by Gasteiger charge is -2.38. The molecule has 29 heavy (non-hydrogen) atoms. The number of anilines is 1. The molecule has 1 aromatic carbocycles. The maximum absolute atomic E-state index is 12.8. The van der Waals surface area contributed by atoms with Crippen molar-refractivity contribution >= 4 is 17.6 Å². The Bertz CT molecular complexity index is 856. The zero-order valence-corrected chi connectivity index (χ0v) is 16.3. The Labute approximate surface area is 170 Å². The van der Waals surface area contributed by atoms with Gasteiger partial charge in [-0.1, -0.05) is 0 Å². The third-order valence-electron chi connectivity index (χ3n) is 5.84. The number of hydrogen-bond acceptors (Lipinski definition) is 5. The highest BCUT2D eigenvalue weighted by Crippen LogP contribution is 2.29. The van der Waals surface area contributed by atoms with Gasteiger partial charge in [0, 0.05) is 56.4 Å². The zero-order valence-electron chi connectivity index (χ0n) is 16.3. The number of carbonyl (C=O) groups is 2. The van der Waals surface area contributed by atoms with E-state index in [4.69, 9.17) is 0 Å². The molecule has 1 aromatic heterocycles. The number of nitrogens with zero attached hydrogens (tertiary/aromatic N) is 3. The van der Waals surface area contributed by atoms with Crippen molar-refractivity contribution in [3.05, 3.63) is 59.9 Å². The van der Waals surface area contributed by atoms with Crippen molar-refractivity contribution in [2.75, 3.05) is 37.6 Å². The van der Waals surface area contributed by atoms with Crippen LogP contribution in [0.5, 0.6) is 0 Å². The second kappa shape index (κ2) is 8.61. The first kappa shape index (κ1) is 19.4. The van der Waals surface area contributed by atoms with E-state index in [1.165, 1.54) is 5.56 Å². The Morgan fingerprint density at radius 2 is 1.83 bits per heavy atom. The number of hydrogen-bond donors (Lipinski definition) is 2. The Balaban J connectivity index is 1.49. The third-order valence-corrected chi connectivity index (χ3v) is 5.84. The summed E-state index contributed by atoms with van der Waals surface area (Å²) in [5.74, 6) is -1.37. The van der Waals surface area contributed by atoms with E-state index in [1.807, 2.05) is 48.8 Å². The molecule has 0 radical (unpaired) electrons. The summed E-state index contributed by atoms with van der Waals surface area (Å²) in [4.78, 5) is 32.2. The maximum atomic E-state index is 12.8. The van der Waals surface area contributed by atoms with Crippen LogP contribution in [-0.4, -0.2) is 59.6 Å². The first-order valence-corrected chi connectivity index (χ1v) is 10.1. The molecule has 2 atom stereocenters. The normalized spacial score (nSPS) is 22.3. The number of benzene rings is 1. The van der Waals surface area contributed by atoms with Crippen LogP contribution in [-0.2, 0) is 4.79 Å². The number of aliphatic carboxylic acids is 1. The average molecular weight is 394 g/mol. The van der Waals surface area contributed by atoms with Crippen LogP contribution in [0.15, 0.2) is 48.8 Å². The third kappa shape index (κ3) is 4.24. The smallest absolute Gasteiger partial charge is 0.308 e. The largest absolute Gasteiger partial charge is 0.481 e. The number of carboxylic acid groups (broad SMARTS) is 1. The Morgan fingerprint density at radius 3 is 2.55 bits per heavy atom. The highest BCUT2D eigenvalue weighted by atomic mass is 16.4. The van der Waals surface area contributed by atoms with Crippen LogP contribution >= 0.6 is 0 Å². The van der Waals surface area contributed by atoms with Gasteiger partial charge in [-0.2, -0.15) is 0 Å². The summed E-state index contributed by atoms with van der Waals surface area (Å²) in [6.07, 6.45) is 4.99. The molecule has 0 spiro atoms. The van der Waals surface area contributed by atoms with Crippen molar-refractivity contribution in [2.24, 2.45) is 5.92 Å². The standard InChI is InChI=1S/C22H26N4O3/c27-21(25-12-1-2-18(15-25)22(28)29)17-3-5-19(6-4-17)26-13-11-24-14-20(26)16-7-9-23-10-8-16/h3-10,18,20,24H,1-2,11-15H2,(H,28,29). The number of amides is 1. The van der Waals surface area contributed by atoms with E-state index in [2.05, 4.69) is 15.2 Å². The highest BCUT2D eigenvalue weighted by Gasteiger charge is 2.29. The van der Waals surface area contributed by atoms with E-state index >= 15 is 0 Å². The van der Waals surface area contributed by atoms with Gasteiger partial charge in [0.1, 0.15) is 0 Å². The summed E-state index contributed by atoms with van der Waals surface area (Å²) in [5.41, 5.74) is 2.89. The predicted molar refractivity (Wildman–Crippen MR) is 110 cm³/mol. The fraction of sp³-hybridized carbons (Fsp3) is 0.409. The molecule has 2 aliphatic rings. The van der Waals surface area contributed by atoms with Gasteiger partial charge in [-0.25, -0.2) is 0 Å². The monoisotopic (exact) mass is 394 g/mol. The summed E-state index contributed by atoms with van der Waals surface area (Å²) >= 11 is 0. The summed E-state index contributed by atoms with van der Waals surface area (Å²) in [6.45, 7) is 3.55. The number of piperidine rings is 1. The summed E-state index contributed by atoms with van der Waals surface area (Å²) in [5, 5.41) is 12.7. The molecule has 7 nitrogen and oxygen atoms in total. The van der Waals surface area contributed by atoms with Crippen LogP contribution in [0.3, 0.4) is 0 Å². The summed E-state index contributed by atoms with van der Waals surface area (Å²) < 4.78 is 0. The quantitative estimate of drug-likeness (QED) is 0.827. The number of nitrogens with one attached hydrogen (secondary N) is 1. The van der Waals surface area contributed by atoms with Crippen LogP contribution in [0, 0.1) is 5.92 Å². The second-order valence-corrected chi connectivity index (χ2v) is 7.67. The lowest BCUT2D eigenvalue weighted by atomic mass is 9.97. The van der Waals surface area contributed by atoms with E-state index in [9.17, 15) is 14.7 Å². The van der Waals surface area contributed by atoms with Crippen LogP contribution in [0.4, 0.5) is 5.69 Å². The molecule has 2 aromatic rings. The molecule has 0 bridgehead atoms. The van der Waals surface area contributed by atoms with Crippen molar-refractivity contribution in [3.8, 4) is 0 Å². The Hall–Kier alpha value is -2.93. The van der Waals surface area contributed by atoms with E-state index in [0.717, 1.165) is 31.7 Å². The molecule has 3 heterocycles. The summed E-state index contributed by atoms with van der Waals surface area (Å²) in [7, 11) is 0. The number of carbonyl (C=O) groups excluding carboxylic acids is 1. The molecule has 2 aliphatic heterocycles. The predicted octanol–water partition coefficient (Wildman–Crippen LogP) is 2.17. The van der Waals surface area contributed by atoms with Gasteiger partial charge >= 0.3 is 5.97 Å². The molecular formula is C22H26N4O3. The molecular weight excluding hydrogens is 368 g/mol. The van der Waals surface area contributed by atoms with Gasteiger partial charge < -0.3 is 20.2 Å². The van der Waals surface area contributed by atoms with Crippen LogP contribution < -0.4 is 10.2 Å². The van der Waals surface area contributed by atoms with Crippen molar-refractivity contribution in [1.29, 1.82) is 0 Å². The number of aromatic nitrogens is 1. The zero-order chi connectivity index (χ0) is 20.2. The fourth-order valence-electron chi connectivity index (χ4n) is 4.24. The minimum atomic E-state index is -0.821. The van der Waals surface area contributed by atoms with Crippen molar-refractivity contribution < 1.29 is 14.7 Å². The first-order chi connectivity index (χ1) is 14.1. The Morgan fingerprint density at radius 1 is 1.07 bits per heavy atom. The molecule has 2 unspecified atom stereocenters. The minimum absolute atomic E-state index is 0.0894. The molecule has 4 rings (SSSR count). The van der Waals surface area contributed by atoms with Crippen LogP contribution in [0.25, 0.3) is 0 Å².